The van der Waals surface area contributed by atoms with E-state index in [9.17, 15) is 4.79 Å². The lowest BCUT2D eigenvalue weighted by Gasteiger charge is -2.12. The Morgan fingerprint density at radius 3 is 2.83 bits per heavy atom. The van der Waals surface area contributed by atoms with Crippen molar-refractivity contribution in [2.45, 2.75) is 13.3 Å². The first-order chi connectivity index (χ1) is 11.0. The molecule has 122 valence electrons. The van der Waals surface area contributed by atoms with Crippen molar-refractivity contribution in [3.63, 3.8) is 0 Å². The summed E-state index contributed by atoms with van der Waals surface area (Å²) in [5.74, 6) is 0.936. The number of aryl methyl sites for hydroxylation is 1. The summed E-state index contributed by atoms with van der Waals surface area (Å²) < 4.78 is 12.5. The first kappa shape index (κ1) is 17.1. The van der Waals surface area contributed by atoms with Gasteiger partial charge in [-0.05, 0) is 30.2 Å². The lowest BCUT2D eigenvalue weighted by Crippen LogP contribution is -1.99. The number of aromatic nitrogens is 2. The number of halogens is 1. The zero-order valence-corrected chi connectivity index (χ0v) is 14.1. The summed E-state index contributed by atoms with van der Waals surface area (Å²) in [6, 6.07) is 3.52. The summed E-state index contributed by atoms with van der Waals surface area (Å²) >= 11 is 6.25. The summed E-state index contributed by atoms with van der Waals surface area (Å²) in [5.41, 5.74) is 1.29. The number of methoxy groups -OCH3 is 1. The third-order valence-electron chi connectivity index (χ3n) is 3.12. The molecule has 0 radical (unpaired) electrons. The molecule has 1 aromatic heterocycles. The topological polar surface area (TPSA) is 53.3 Å². The monoisotopic (exact) mass is 334 g/mol. The fourth-order valence-corrected chi connectivity index (χ4v) is 2.27. The molecular formula is C17H19ClN2O3. The molecular weight excluding hydrogens is 316 g/mol. The second kappa shape index (κ2) is 7.83. The van der Waals surface area contributed by atoms with Crippen LogP contribution in [0.25, 0.3) is 6.08 Å². The number of allylic oxidation sites excluding steroid dienone is 1. The quantitative estimate of drug-likeness (QED) is 0.571. The van der Waals surface area contributed by atoms with Crippen LogP contribution in [0.1, 0.15) is 29.3 Å². The van der Waals surface area contributed by atoms with Crippen LogP contribution in [0.4, 0.5) is 0 Å². The average molecular weight is 335 g/mol. The van der Waals surface area contributed by atoms with E-state index in [4.69, 9.17) is 21.1 Å². The Bertz CT molecular complexity index is 723. The van der Waals surface area contributed by atoms with Crippen LogP contribution in [-0.2, 0) is 7.05 Å². The van der Waals surface area contributed by atoms with Crippen LogP contribution >= 0.6 is 11.6 Å². The molecule has 1 heterocycles. The van der Waals surface area contributed by atoms with E-state index in [0.29, 0.717) is 28.7 Å². The number of ketones is 1. The third-order valence-corrected chi connectivity index (χ3v) is 3.40. The molecule has 0 saturated heterocycles. The SMILES string of the molecule is CCCOc1c(Cl)cc(C=CC(=O)c2cnn(C)c2)cc1OC. The van der Waals surface area contributed by atoms with Crippen LogP contribution in [-0.4, -0.2) is 29.3 Å². The molecule has 0 unspecified atom stereocenters. The first-order valence-electron chi connectivity index (χ1n) is 7.26. The Kier molecular flexibility index (Phi) is 5.82. The van der Waals surface area contributed by atoms with Gasteiger partial charge < -0.3 is 9.47 Å². The Morgan fingerprint density at radius 1 is 1.43 bits per heavy atom. The van der Waals surface area contributed by atoms with Gasteiger partial charge in [-0.25, -0.2) is 0 Å². The molecule has 2 rings (SSSR count). The van der Waals surface area contributed by atoms with Crippen molar-refractivity contribution >= 4 is 23.5 Å². The summed E-state index contributed by atoms with van der Waals surface area (Å²) in [7, 11) is 3.32. The minimum atomic E-state index is -0.125. The minimum Gasteiger partial charge on any atom is -0.493 e. The van der Waals surface area contributed by atoms with E-state index in [1.165, 1.54) is 12.3 Å². The smallest absolute Gasteiger partial charge is 0.189 e. The molecule has 5 nitrogen and oxygen atoms in total. The van der Waals surface area contributed by atoms with E-state index in [-0.39, 0.29) is 5.78 Å². The number of nitrogens with zero attached hydrogens (tertiary/aromatic N) is 2. The van der Waals surface area contributed by atoms with Crippen LogP contribution in [0.15, 0.2) is 30.6 Å². The number of ether oxygens (including phenoxy) is 2. The average Bonchev–Trinajstić information content (AvgIpc) is 2.97. The predicted octanol–water partition coefficient (Wildman–Crippen LogP) is 3.77. The molecule has 23 heavy (non-hydrogen) atoms. The highest BCUT2D eigenvalue weighted by Crippen LogP contribution is 2.36. The van der Waals surface area contributed by atoms with Crippen molar-refractivity contribution in [2.24, 2.45) is 7.05 Å². The van der Waals surface area contributed by atoms with E-state index in [1.807, 2.05) is 6.92 Å². The van der Waals surface area contributed by atoms with E-state index in [1.54, 1.807) is 43.2 Å². The van der Waals surface area contributed by atoms with Gasteiger partial charge in [0, 0.05) is 13.2 Å². The predicted molar refractivity (Wildman–Crippen MR) is 90.4 cm³/mol. The van der Waals surface area contributed by atoms with Crippen LogP contribution in [0.2, 0.25) is 5.02 Å². The zero-order chi connectivity index (χ0) is 16.8. The fourth-order valence-electron chi connectivity index (χ4n) is 2.00. The highest BCUT2D eigenvalue weighted by Gasteiger charge is 2.11. The molecule has 0 N–H and O–H groups in total. The van der Waals surface area contributed by atoms with Gasteiger partial charge in [0.25, 0.3) is 0 Å². The van der Waals surface area contributed by atoms with Gasteiger partial charge in [-0.15, -0.1) is 0 Å². The first-order valence-corrected chi connectivity index (χ1v) is 7.64. The Hall–Kier alpha value is -2.27. The molecule has 0 amide bonds. The number of carbonyl (C=O) groups is 1. The highest BCUT2D eigenvalue weighted by atomic mass is 35.5. The van der Waals surface area contributed by atoms with Gasteiger partial charge in [-0.3, -0.25) is 9.48 Å². The third kappa shape index (κ3) is 4.36. The second-order valence-electron chi connectivity index (χ2n) is 4.98. The maximum Gasteiger partial charge on any atom is 0.189 e. The molecule has 0 fully saturated rings. The van der Waals surface area contributed by atoms with Gasteiger partial charge in [0.1, 0.15) is 0 Å². The number of hydrogen-bond acceptors (Lipinski definition) is 4. The fraction of sp³-hybridized carbons (Fsp3) is 0.294. The summed E-state index contributed by atoms with van der Waals surface area (Å²) in [6.07, 6.45) is 7.24. The molecule has 0 aliphatic carbocycles. The van der Waals surface area contributed by atoms with Gasteiger partial charge in [-0.1, -0.05) is 24.6 Å². The molecule has 6 heteroatoms. The zero-order valence-electron chi connectivity index (χ0n) is 13.4. The molecule has 0 atom stereocenters. The van der Waals surface area contributed by atoms with Crippen molar-refractivity contribution in [1.82, 2.24) is 9.78 Å². The Labute approximate surface area is 140 Å². The summed E-state index contributed by atoms with van der Waals surface area (Å²) in [5, 5.41) is 4.43. The second-order valence-corrected chi connectivity index (χ2v) is 5.39. The van der Waals surface area contributed by atoms with Crippen molar-refractivity contribution < 1.29 is 14.3 Å². The summed E-state index contributed by atoms with van der Waals surface area (Å²) in [4.78, 5) is 12.0. The molecule has 0 bridgehead atoms. The van der Waals surface area contributed by atoms with E-state index >= 15 is 0 Å². The number of hydrogen-bond donors (Lipinski definition) is 0. The van der Waals surface area contributed by atoms with Gasteiger partial charge in [-0.2, -0.15) is 5.10 Å². The lowest BCUT2D eigenvalue weighted by molar-refractivity contribution is 0.104. The number of benzene rings is 1. The van der Waals surface area contributed by atoms with E-state index in [0.717, 1.165) is 12.0 Å². The van der Waals surface area contributed by atoms with Crippen molar-refractivity contribution in [1.29, 1.82) is 0 Å². The van der Waals surface area contributed by atoms with Crippen molar-refractivity contribution in [2.75, 3.05) is 13.7 Å². The van der Waals surface area contributed by atoms with Crippen molar-refractivity contribution in [3.05, 3.63) is 46.8 Å². The maximum atomic E-state index is 12.0. The Morgan fingerprint density at radius 2 is 2.22 bits per heavy atom. The van der Waals surface area contributed by atoms with Crippen molar-refractivity contribution in [3.8, 4) is 11.5 Å². The van der Waals surface area contributed by atoms with Gasteiger partial charge in [0.2, 0.25) is 0 Å². The lowest BCUT2D eigenvalue weighted by atomic mass is 10.1. The molecule has 0 aliphatic rings. The number of carbonyl (C=O) groups excluding carboxylic acids is 1. The molecule has 0 aliphatic heterocycles. The standard InChI is InChI=1S/C17H19ClN2O3/c1-4-7-23-17-14(18)8-12(9-16(17)22-3)5-6-15(21)13-10-19-20(2)11-13/h5-6,8-11H,4,7H2,1-3H3. The van der Waals surface area contributed by atoms with Crippen LogP contribution < -0.4 is 9.47 Å². The number of rotatable bonds is 7. The molecule has 2 aromatic rings. The summed E-state index contributed by atoms with van der Waals surface area (Å²) in [6.45, 7) is 2.58. The van der Waals surface area contributed by atoms with E-state index < -0.39 is 0 Å². The Balaban J connectivity index is 2.21. The maximum absolute atomic E-state index is 12.0. The minimum absolute atomic E-state index is 0.125. The normalized spacial score (nSPS) is 11.0. The van der Waals surface area contributed by atoms with Crippen LogP contribution in [0, 0.1) is 0 Å². The molecule has 0 spiro atoms. The van der Waals surface area contributed by atoms with Gasteiger partial charge in [0.15, 0.2) is 17.3 Å². The van der Waals surface area contributed by atoms with Gasteiger partial charge in [0.05, 0.1) is 30.5 Å². The largest absolute Gasteiger partial charge is 0.493 e. The molecule has 0 saturated carbocycles. The van der Waals surface area contributed by atoms with Gasteiger partial charge >= 0.3 is 0 Å². The molecule has 1 aromatic carbocycles. The highest BCUT2D eigenvalue weighted by molar-refractivity contribution is 6.32. The van der Waals surface area contributed by atoms with Crippen LogP contribution in [0.5, 0.6) is 11.5 Å². The van der Waals surface area contributed by atoms with Crippen LogP contribution in [0.3, 0.4) is 0 Å². The van der Waals surface area contributed by atoms with E-state index in [2.05, 4.69) is 5.10 Å².